The Morgan fingerprint density at radius 1 is 1.08 bits per heavy atom. The lowest BCUT2D eigenvalue weighted by Crippen LogP contribution is -2.28. The fourth-order valence-electron chi connectivity index (χ4n) is 2.74. The summed E-state index contributed by atoms with van der Waals surface area (Å²) in [6.07, 6.45) is 7.29. The van der Waals surface area contributed by atoms with Crippen LogP contribution in [0.4, 0.5) is 0 Å². The van der Waals surface area contributed by atoms with Crippen LogP contribution < -0.4 is 5.32 Å². The van der Waals surface area contributed by atoms with Gasteiger partial charge in [0.2, 0.25) is 10.0 Å². The van der Waals surface area contributed by atoms with Crippen molar-refractivity contribution in [1.29, 1.82) is 0 Å². The molecule has 7 nitrogen and oxygen atoms in total. The van der Waals surface area contributed by atoms with Crippen molar-refractivity contribution in [2.45, 2.75) is 24.2 Å². The van der Waals surface area contributed by atoms with Crippen LogP contribution in [0.15, 0.2) is 47.9 Å². The van der Waals surface area contributed by atoms with Crippen LogP contribution in [0.2, 0.25) is 0 Å². The first-order valence-electron chi connectivity index (χ1n) is 8.20. The molecule has 0 atom stereocenters. The van der Waals surface area contributed by atoms with Gasteiger partial charge in [0.15, 0.2) is 0 Å². The summed E-state index contributed by atoms with van der Waals surface area (Å²) in [4.78, 5) is 20.2. The molecular weight excluding hydrogens is 340 g/mol. The minimum Gasteiger partial charge on any atom is -0.352 e. The summed E-state index contributed by atoms with van der Waals surface area (Å²) in [6, 6.07) is 6.08. The molecule has 25 heavy (non-hydrogen) atoms. The minimum atomic E-state index is -3.45. The highest BCUT2D eigenvalue weighted by Crippen LogP contribution is 2.21. The van der Waals surface area contributed by atoms with Gasteiger partial charge >= 0.3 is 0 Å². The van der Waals surface area contributed by atoms with E-state index in [9.17, 15) is 13.2 Å². The molecule has 3 rings (SSSR count). The molecule has 2 aromatic rings. The van der Waals surface area contributed by atoms with Gasteiger partial charge in [0, 0.05) is 37.6 Å². The lowest BCUT2D eigenvalue weighted by Gasteiger charge is -2.15. The van der Waals surface area contributed by atoms with E-state index in [0.717, 1.165) is 18.4 Å². The van der Waals surface area contributed by atoms with E-state index >= 15 is 0 Å². The summed E-state index contributed by atoms with van der Waals surface area (Å²) in [5.41, 5.74) is 1.37. The lowest BCUT2D eigenvalue weighted by molar-refractivity contribution is 0.0954. The van der Waals surface area contributed by atoms with Crippen LogP contribution >= 0.6 is 0 Å². The highest BCUT2D eigenvalue weighted by Gasteiger charge is 2.27. The maximum atomic E-state index is 12.5. The molecule has 0 saturated carbocycles. The van der Waals surface area contributed by atoms with Crippen LogP contribution in [0.1, 0.15) is 28.8 Å². The molecule has 1 N–H and O–H groups in total. The predicted octanol–water partition coefficient (Wildman–Crippen LogP) is 1.23. The van der Waals surface area contributed by atoms with Gasteiger partial charge in [0.25, 0.3) is 5.91 Å². The Morgan fingerprint density at radius 3 is 2.36 bits per heavy atom. The standard InChI is InChI=1S/C17H20N4O3S/c22-17(20-8-7-14-11-18-13-19-12-14)15-3-5-16(6-4-15)25(23,24)21-9-1-2-10-21/h3-6,11-13H,1-2,7-10H2,(H,20,22). The number of nitrogens with one attached hydrogen (secondary N) is 1. The zero-order valence-corrected chi connectivity index (χ0v) is 14.6. The summed E-state index contributed by atoms with van der Waals surface area (Å²) >= 11 is 0. The number of amides is 1. The third-order valence-corrected chi connectivity index (χ3v) is 6.05. The number of carbonyl (C=O) groups is 1. The van der Waals surface area contributed by atoms with E-state index in [-0.39, 0.29) is 10.8 Å². The number of hydrogen-bond donors (Lipinski definition) is 1. The normalized spacial score (nSPS) is 15.2. The fourth-order valence-corrected chi connectivity index (χ4v) is 4.25. The second kappa shape index (κ2) is 7.71. The zero-order valence-electron chi connectivity index (χ0n) is 13.8. The van der Waals surface area contributed by atoms with Crippen LogP contribution in [0.25, 0.3) is 0 Å². The molecule has 8 heteroatoms. The van der Waals surface area contributed by atoms with Gasteiger partial charge in [-0.1, -0.05) is 0 Å². The Labute approximate surface area is 147 Å². The van der Waals surface area contributed by atoms with Gasteiger partial charge in [-0.15, -0.1) is 0 Å². The van der Waals surface area contributed by atoms with Crippen molar-refractivity contribution in [2.24, 2.45) is 0 Å². The van der Waals surface area contributed by atoms with Crippen LogP contribution in [-0.4, -0.2) is 48.2 Å². The van der Waals surface area contributed by atoms with Crippen LogP contribution in [-0.2, 0) is 16.4 Å². The number of carbonyl (C=O) groups excluding carboxylic acids is 1. The molecule has 1 aromatic heterocycles. The van der Waals surface area contributed by atoms with Gasteiger partial charge in [-0.3, -0.25) is 4.79 Å². The van der Waals surface area contributed by atoms with E-state index in [4.69, 9.17) is 0 Å². The van der Waals surface area contributed by atoms with Gasteiger partial charge in [-0.25, -0.2) is 18.4 Å². The summed E-state index contributed by atoms with van der Waals surface area (Å²) in [6.45, 7) is 1.58. The number of benzene rings is 1. The van der Waals surface area contributed by atoms with Gasteiger partial charge in [0.05, 0.1) is 4.90 Å². The number of hydrogen-bond acceptors (Lipinski definition) is 5. The summed E-state index contributed by atoms with van der Waals surface area (Å²) < 4.78 is 26.4. The van der Waals surface area contributed by atoms with E-state index in [0.29, 0.717) is 31.6 Å². The van der Waals surface area contributed by atoms with Crippen molar-refractivity contribution in [3.05, 3.63) is 54.1 Å². The predicted molar refractivity (Wildman–Crippen MR) is 92.5 cm³/mol. The monoisotopic (exact) mass is 360 g/mol. The first kappa shape index (κ1) is 17.5. The molecule has 1 aliphatic heterocycles. The largest absolute Gasteiger partial charge is 0.352 e. The molecule has 0 aliphatic carbocycles. The van der Waals surface area contributed by atoms with E-state index < -0.39 is 10.0 Å². The molecule has 2 heterocycles. The maximum Gasteiger partial charge on any atom is 0.251 e. The average molecular weight is 360 g/mol. The van der Waals surface area contributed by atoms with E-state index in [1.54, 1.807) is 24.5 Å². The maximum absolute atomic E-state index is 12.5. The zero-order chi connectivity index (χ0) is 17.7. The van der Waals surface area contributed by atoms with E-state index in [2.05, 4.69) is 15.3 Å². The van der Waals surface area contributed by atoms with Crippen molar-refractivity contribution >= 4 is 15.9 Å². The molecule has 1 amide bonds. The molecular formula is C17H20N4O3S. The van der Waals surface area contributed by atoms with E-state index in [1.165, 1.54) is 22.8 Å². The average Bonchev–Trinajstić information content (AvgIpc) is 3.18. The lowest BCUT2D eigenvalue weighted by atomic mass is 10.2. The Hall–Kier alpha value is -2.32. The third kappa shape index (κ3) is 4.21. The van der Waals surface area contributed by atoms with Crippen LogP contribution in [0.5, 0.6) is 0 Å². The smallest absolute Gasteiger partial charge is 0.251 e. The molecule has 1 aromatic carbocycles. The molecule has 1 saturated heterocycles. The quantitative estimate of drug-likeness (QED) is 0.836. The van der Waals surface area contributed by atoms with Gasteiger partial charge in [-0.2, -0.15) is 4.31 Å². The van der Waals surface area contributed by atoms with Gasteiger partial charge < -0.3 is 5.32 Å². The van der Waals surface area contributed by atoms with Gasteiger partial charge in [-0.05, 0) is 49.1 Å². The van der Waals surface area contributed by atoms with Crippen molar-refractivity contribution in [1.82, 2.24) is 19.6 Å². The molecule has 1 fully saturated rings. The first-order chi connectivity index (χ1) is 12.1. The number of aromatic nitrogens is 2. The SMILES string of the molecule is O=C(NCCc1cncnc1)c1ccc(S(=O)(=O)N2CCCC2)cc1. The molecule has 0 radical (unpaired) electrons. The Balaban J connectivity index is 1.59. The topological polar surface area (TPSA) is 92.3 Å². The summed E-state index contributed by atoms with van der Waals surface area (Å²) in [5, 5.41) is 2.81. The van der Waals surface area contributed by atoms with Crippen LogP contribution in [0.3, 0.4) is 0 Å². The van der Waals surface area contributed by atoms with Crippen LogP contribution in [0, 0.1) is 0 Å². The van der Waals surface area contributed by atoms with Crippen molar-refractivity contribution < 1.29 is 13.2 Å². The van der Waals surface area contributed by atoms with Crippen molar-refractivity contribution in [3.63, 3.8) is 0 Å². The number of sulfonamides is 1. The third-order valence-electron chi connectivity index (χ3n) is 4.13. The Morgan fingerprint density at radius 2 is 1.72 bits per heavy atom. The minimum absolute atomic E-state index is 0.229. The van der Waals surface area contributed by atoms with E-state index in [1.807, 2.05) is 0 Å². The molecule has 1 aliphatic rings. The Kier molecular flexibility index (Phi) is 5.40. The Bertz CT molecular complexity index is 817. The fraction of sp³-hybridized carbons (Fsp3) is 0.353. The summed E-state index contributed by atoms with van der Waals surface area (Å²) in [7, 11) is -3.45. The number of nitrogens with zero attached hydrogens (tertiary/aromatic N) is 3. The number of rotatable bonds is 6. The highest BCUT2D eigenvalue weighted by molar-refractivity contribution is 7.89. The molecule has 132 valence electrons. The second-order valence-electron chi connectivity index (χ2n) is 5.89. The second-order valence-corrected chi connectivity index (χ2v) is 7.83. The summed E-state index contributed by atoms with van der Waals surface area (Å²) in [5.74, 6) is -0.234. The molecule has 0 bridgehead atoms. The van der Waals surface area contributed by atoms with Gasteiger partial charge in [0.1, 0.15) is 6.33 Å². The first-order valence-corrected chi connectivity index (χ1v) is 9.64. The van der Waals surface area contributed by atoms with Crippen molar-refractivity contribution in [2.75, 3.05) is 19.6 Å². The molecule has 0 unspecified atom stereocenters. The molecule has 0 spiro atoms. The highest BCUT2D eigenvalue weighted by atomic mass is 32.2. The van der Waals surface area contributed by atoms with Crippen molar-refractivity contribution in [3.8, 4) is 0 Å².